The van der Waals surface area contributed by atoms with Crippen molar-refractivity contribution in [3.63, 3.8) is 0 Å². The summed E-state index contributed by atoms with van der Waals surface area (Å²) in [5.41, 5.74) is 10.6. The van der Waals surface area contributed by atoms with Crippen LogP contribution >= 0.6 is 0 Å². The zero-order valence-electron chi connectivity index (χ0n) is 26.2. The Balaban J connectivity index is 1.56. The maximum absolute atomic E-state index is 10.7. The van der Waals surface area contributed by atoms with Gasteiger partial charge in [0.05, 0.1) is 27.9 Å². The SMILES string of the molecule is CC(C)c1cc(-c2ccccc2)cc(C(C)C)c1-n1c(-c2cccc3c2oc2cc(C(C)(C)O)ccc23)nc2ccccc21. The molecule has 0 aliphatic rings. The third-order valence-corrected chi connectivity index (χ3v) is 8.75. The molecule has 0 bridgehead atoms. The largest absolute Gasteiger partial charge is 0.455 e. The number of hydrogen-bond donors (Lipinski definition) is 1. The van der Waals surface area contributed by atoms with Gasteiger partial charge in [-0.05, 0) is 89.9 Å². The molecule has 7 aromatic rings. The summed E-state index contributed by atoms with van der Waals surface area (Å²) < 4.78 is 8.99. The van der Waals surface area contributed by atoms with E-state index in [1.807, 2.05) is 12.1 Å². The Bertz CT molecular complexity index is 2130. The van der Waals surface area contributed by atoms with Gasteiger partial charge in [-0.3, -0.25) is 4.57 Å². The summed E-state index contributed by atoms with van der Waals surface area (Å²) in [5.74, 6) is 1.42. The van der Waals surface area contributed by atoms with Crippen molar-refractivity contribution in [1.29, 1.82) is 0 Å². The standard InChI is InChI=1S/C40H38N2O2/c1-24(2)32-21-27(26-13-8-7-9-14-26)22-33(25(3)4)37(32)42-35-18-11-10-17-34(35)41-39(42)31-16-12-15-30-29-20-19-28(40(5,6)43)23-36(29)44-38(30)31/h7-25,43H,1-6H3. The smallest absolute Gasteiger partial charge is 0.149 e. The molecule has 0 saturated heterocycles. The summed E-state index contributed by atoms with van der Waals surface area (Å²) in [6.07, 6.45) is 0. The molecule has 1 N–H and O–H groups in total. The van der Waals surface area contributed by atoms with E-state index in [1.54, 1.807) is 13.8 Å². The van der Waals surface area contributed by atoms with Gasteiger partial charge in [-0.25, -0.2) is 4.98 Å². The van der Waals surface area contributed by atoms with Crippen LogP contribution in [0.25, 0.3) is 61.2 Å². The van der Waals surface area contributed by atoms with Crippen LogP contribution in [0.3, 0.4) is 0 Å². The van der Waals surface area contributed by atoms with E-state index in [1.165, 1.54) is 27.9 Å². The Morgan fingerprint density at radius 1 is 0.705 bits per heavy atom. The minimum atomic E-state index is -0.962. The number of fused-ring (bicyclic) bond motifs is 4. The van der Waals surface area contributed by atoms with Gasteiger partial charge in [-0.15, -0.1) is 0 Å². The monoisotopic (exact) mass is 578 g/mol. The zero-order chi connectivity index (χ0) is 30.7. The first-order chi connectivity index (χ1) is 21.1. The Morgan fingerprint density at radius 3 is 2.07 bits per heavy atom. The highest BCUT2D eigenvalue weighted by Crippen LogP contribution is 2.42. The van der Waals surface area contributed by atoms with Gasteiger partial charge in [0, 0.05) is 10.8 Å². The van der Waals surface area contributed by atoms with Gasteiger partial charge in [0.15, 0.2) is 0 Å². The number of aliphatic hydroxyl groups is 1. The first kappa shape index (κ1) is 28.1. The van der Waals surface area contributed by atoms with Crippen molar-refractivity contribution in [3.05, 3.63) is 120 Å². The predicted molar refractivity (Wildman–Crippen MR) is 183 cm³/mol. The third-order valence-electron chi connectivity index (χ3n) is 8.75. The van der Waals surface area contributed by atoms with Gasteiger partial charge in [0.2, 0.25) is 0 Å². The maximum atomic E-state index is 10.7. The highest BCUT2D eigenvalue weighted by Gasteiger charge is 2.26. The number of rotatable bonds is 6. The van der Waals surface area contributed by atoms with Crippen molar-refractivity contribution in [2.75, 3.05) is 0 Å². The summed E-state index contributed by atoms with van der Waals surface area (Å²) >= 11 is 0. The van der Waals surface area contributed by atoms with Gasteiger partial charge in [0.1, 0.15) is 17.0 Å². The Hall–Kier alpha value is -4.67. The van der Waals surface area contributed by atoms with Gasteiger partial charge in [0.25, 0.3) is 0 Å². The van der Waals surface area contributed by atoms with Crippen LogP contribution in [-0.2, 0) is 5.60 Å². The average molecular weight is 579 g/mol. The summed E-state index contributed by atoms with van der Waals surface area (Å²) in [5, 5.41) is 12.7. The van der Waals surface area contributed by atoms with E-state index in [-0.39, 0.29) is 11.8 Å². The molecule has 220 valence electrons. The lowest BCUT2D eigenvalue weighted by Gasteiger charge is -2.24. The number of aromatic nitrogens is 2. The van der Waals surface area contributed by atoms with E-state index in [0.29, 0.717) is 0 Å². The first-order valence-electron chi connectivity index (χ1n) is 15.5. The summed E-state index contributed by atoms with van der Waals surface area (Å²) in [4.78, 5) is 5.28. The molecule has 0 atom stereocenters. The first-order valence-corrected chi connectivity index (χ1v) is 15.5. The van der Waals surface area contributed by atoms with Crippen LogP contribution in [0.4, 0.5) is 0 Å². The molecule has 0 saturated carbocycles. The number of furan rings is 1. The molecule has 0 aliphatic carbocycles. The van der Waals surface area contributed by atoms with Gasteiger partial charge >= 0.3 is 0 Å². The fourth-order valence-corrected chi connectivity index (χ4v) is 6.40. The topological polar surface area (TPSA) is 51.2 Å². The second-order valence-corrected chi connectivity index (χ2v) is 13.0. The van der Waals surface area contributed by atoms with E-state index >= 15 is 0 Å². The highest BCUT2D eigenvalue weighted by molar-refractivity contribution is 6.09. The molecule has 0 fully saturated rings. The van der Waals surface area contributed by atoms with Crippen LogP contribution in [0.2, 0.25) is 0 Å². The lowest BCUT2D eigenvalue weighted by molar-refractivity contribution is 0.0786. The molecule has 2 aromatic heterocycles. The lowest BCUT2D eigenvalue weighted by Crippen LogP contribution is -2.14. The fraction of sp³-hybridized carbons (Fsp3) is 0.225. The van der Waals surface area contributed by atoms with Crippen molar-refractivity contribution in [2.45, 2.75) is 59.0 Å². The van der Waals surface area contributed by atoms with Crippen molar-refractivity contribution >= 4 is 33.0 Å². The average Bonchev–Trinajstić information content (AvgIpc) is 3.58. The summed E-state index contributed by atoms with van der Waals surface area (Å²) in [7, 11) is 0. The zero-order valence-corrected chi connectivity index (χ0v) is 26.2. The third kappa shape index (κ3) is 4.61. The molecular weight excluding hydrogens is 540 g/mol. The number of benzene rings is 5. The van der Waals surface area contributed by atoms with E-state index in [2.05, 4.69) is 123 Å². The molecular formula is C40H38N2O2. The van der Waals surface area contributed by atoms with Crippen LogP contribution in [0.1, 0.15) is 70.1 Å². The highest BCUT2D eigenvalue weighted by atomic mass is 16.3. The minimum Gasteiger partial charge on any atom is -0.455 e. The molecule has 0 spiro atoms. The molecule has 4 heteroatoms. The molecule has 0 radical (unpaired) electrons. The van der Waals surface area contributed by atoms with Crippen molar-refractivity contribution in [2.24, 2.45) is 0 Å². The molecule has 0 aliphatic heterocycles. The van der Waals surface area contributed by atoms with E-state index in [0.717, 1.165) is 49.9 Å². The molecule has 0 amide bonds. The molecule has 7 rings (SSSR count). The van der Waals surface area contributed by atoms with Crippen molar-refractivity contribution in [3.8, 4) is 28.2 Å². The minimum absolute atomic E-state index is 0.280. The van der Waals surface area contributed by atoms with E-state index < -0.39 is 5.60 Å². The van der Waals surface area contributed by atoms with Crippen LogP contribution in [-0.4, -0.2) is 14.7 Å². The van der Waals surface area contributed by atoms with Crippen molar-refractivity contribution in [1.82, 2.24) is 9.55 Å². The second kappa shape index (κ2) is 10.5. The lowest BCUT2D eigenvalue weighted by atomic mass is 9.88. The number of hydrogen-bond acceptors (Lipinski definition) is 3. The van der Waals surface area contributed by atoms with E-state index in [9.17, 15) is 5.11 Å². The molecule has 5 aromatic carbocycles. The fourth-order valence-electron chi connectivity index (χ4n) is 6.40. The number of imidazole rings is 1. The van der Waals surface area contributed by atoms with Crippen LogP contribution < -0.4 is 0 Å². The number of nitrogens with zero attached hydrogens (tertiary/aromatic N) is 2. The Morgan fingerprint density at radius 2 is 1.39 bits per heavy atom. The normalized spacial score (nSPS) is 12.4. The summed E-state index contributed by atoms with van der Waals surface area (Å²) in [6, 6.07) is 36.1. The van der Waals surface area contributed by atoms with Gasteiger partial charge in [-0.1, -0.05) is 94.4 Å². The van der Waals surface area contributed by atoms with Crippen molar-refractivity contribution < 1.29 is 9.52 Å². The molecule has 2 heterocycles. The summed E-state index contributed by atoms with van der Waals surface area (Å²) in [6.45, 7) is 12.7. The number of para-hydroxylation sites is 3. The van der Waals surface area contributed by atoms with Crippen LogP contribution in [0.5, 0.6) is 0 Å². The second-order valence-electron chi connectivity index (χ2n) is 13.0. The van der Waals surface area contributed by atoms with E-state index in [4.69, 9.17) is 9.40 Å². The Labute approximate surface area is 258 Å². The maximum Gasteiger partial charge on any atom is 0.149 e. The van der Waals surface area contributed by atoms with Crippen LogP contribution in [0.15, 0.2) is 108 Å². The van der Waals surface area contributed by atoms with Gasteiger partial charge in [-0.2, -0.15) is 0 Å². The predicted octanol–water partition coefficient (Wildman–Crippen LogP) is 10.7. The Kier molecular flexibility index (Phi) is 6.71. The molecule has 4 nitrogen and oxygen atoms in total. The molecule has 0 unspecified atom stereocenters. The van der Waals surface area contributed by atoms with Crippen LogP contribution in [0, 0.1) is 0 Å². The van der Waals surface area contributed by atoms with Gasteiger partial charge < -0.3 is 9.52 Å². The molecule has 44 heavy (non-hydrogen) atoms. The quantitative estimate of drug-likeness (QED) is 0.214.